The molecule has 1 aliphatic rings. The zero-order valence-electron chi connectivity index (χ0n) is 8.88. The number of carbonyl (C=O) groups excluding carboxylic acids is 2. The van der Waals surface area contributed by atoms with Crippen LogP contribution in [0.15, 0.2) is 0 Å². The van der Waals surface area contributed by atoms with Gasteiger partial charge in [0.15, 0.2) is 18.6 Å². The summed E-state index contributed by atoms with van der Waals surface area (Å²) in [5, 5.41) is 9.09. The number of carbonyl (C=O) groups is 2. The van der Waals surface area contributed by atoms with E-state index in [9.17, 15) is 14.0 Å². The van der Waals surface area contributed by atoms with E-state index in [2.05, 4.69) is 9.47 Å². The summed E-state index contributed by atoms with van der Waals surface area (Å²) in [6.07, 6.45) is -5.76. The van der Waals surface area contributed by atoms with Gasteiger partial charge in [-0.15, -0.1) is 0 Å². The Kier molecular flexibility index (Phi) is 4.19. The molecule has 1 heterocycles. The van der Waals surface area contributed by atoms with Crippen molar-refractivity contribution in [2.24, 2.45) is 0 Å². The highest BCUT2D eigenvalue weighted by molar-refractivity contribution is 5.66. The predicted octanol–water partition coefficient (Wildman–Crippen LogP) is -0.464. The number of aliphatic hydroxyl groups excluding tert-OH is 1. The van der Waals surface area contributed by atoms with E-state index in [0.717, 1.165) is 6.92 Å². The van der Waals surface area contributed by atoms with Crippen LogP contribution < -0.4 is 0 Å². The summed E-state index contributed by atoms with van der Waals surface area (Å²) in [6, 6.07) is 0. The second kappa shape index (κ2) is 5.22. The van der Waals surface area contributed by atoms with Gasteiger partial charge in [-0.1, -0.05) is 0 Å². The highest BCUT2D eigenvalue weighted by atomic mass is 19.1. The van der Waals surface area contributed by atoms with E-state index in [1.54, 1.807) is 0 Å². The van der Waals surface area contributed by atoms with Crippen molar-refractivity contribution in [3.05, 3.63) is 0 Å². The minimum Gasteiger partial charge on any atom is -0.463 e. The van der Waals surface area contributed by atoms with Crippen LogP contribution in [0.2, 0.25) is 0 Å². The van der Waals surface area contributed by atoms with Crippen LogP contribution in [0.1, 0.15) is 13.8 Å². The average molecular weight is 236 g/mol. The Labute approximate surface area is 91.3 Å². The smallest absolute Gasteiger partial charge is 0.303 e. The van der Waals surface area contributed by atoms with Crippen LogP contribution in [0.3, 0.4) is 0 Å². The van der Waals surface area contributed by atoms with E-state index in [1.807, 2.05) is 0 Å². The topological polar surface area (TPSA) is 82.1 Å². The van der Waals surface area contributed by atoms with Gasteiger partial charge in [-0.05, 0) is 0 Å². The van der Waals surface area contributed by atoms with Crippen LogP contribution in [0, 0.1) is 0 Å². The minimum atomic E-state index is -1.84. The molecule has 16 heavy (non-hydrogen) atoms. The molecule has 1 N–H and O–H groups in total. The molecule has 0 aromatic heterocycles. The zero-order chi connectivity index (χ0) is 12.3. The summed E-state index contributed by atoms with van der Waals surface area (Å²) in [5.74, 6) is -1.26. The zero-order valence-corrected chi connectivity index (χ0v) is 8.88. The first-order valence-corrected chi connectivity index (χ1v) is 4.70. The molecule has 0 aromatic carbocycles. The first-order chi connectivity index (χ1) is 7.41. The van der Waals surface area contributed by atoms with E-state index < -0.39 is 36.6 Å². The molecule has 1 unspecified atom stereocenters. The summed E-state index contributed by atoms with van der Waals surface area (Å²) in [6.45, 7) is 2.02. The van der Waals surface area contributed by atoms with Crippen molar-refractivity contribution in [2.45, 2.75) is 38.5 Å². The number of hydrogen-bond acceptors (Lipinski definition) is 6. The molecule has 1 fully saturated rings. The summed E-state index contributed by atoms with van der Waals surface area (Å²) in [4.78, 5) is 21.3. The van der Waals surface area contributed by atoms with Crippen molar-refractivity contribution in [1.29, 1.82) is 0 Å². The van der Waals surface area contributed by atoms with Crippen molar-refractivity contribution >= 4 is 11.9 Å². The van der Waals surface area contributed by atoms with Crippen molar-refractivity contribution in [3.8, 4) is 0 Å². The largest absolute Gasteiger partial charge is 0.463 e. The molecule has 7 heteroatoms. The fourth-order valence-corrected chi connectivity index (χ4v) is 1.37. The fraction of sp³-hybridized carbons (Fsp3) is 0.778. The molecule has 6 nitrogen and oxygen atoms in total. The highest BCUT2D eigenvalue weighted by Crippen LogP contribution is 2.25. The molecule has 0 spiro atoms. The SMILES string of the molecule is CC(=O)OC[C@H]1OC(O)[C@@H](F)[C@@H]1OC(C)=O. The van der Waals surface area contributed by atoms with Gasteiger partial charge in [0.05, 0.1) is 0 Å². The third-order valence-electron chi connectivity index (χ3n) is 2.02. The highest BCUT2D eigenvalue weighted by Gasteiger charge is 2.47. The maximum atomic E-state index is 13.3. The van der Waals surface area contributed by atoms with Gasteiger partial charge >= 0.3 is 11.9 Å². The van der Waals surface area contributed by atoms with Crippen molar-refractivity contribution in [1.82, 2.24) is 0 Å². The number of ether oxygens (including phenoxy) is 3. The van der Waals surface area contributed by atoms with Gasteiger partial charge < -0.3 is 19.3 Å². The normalized spacial score (nSPS) is 33.5. The summed E-state index contributed by atoms with van der Waals surface area (Å²) in [7, 11) is 0. The molecule has 0 aromatic rings. The molecule has 0 aliphatic carbocycles. The fourth-order valence-electron chi connectivity index (χ4n) is 1.37. The first-order valence-electron chi connectivity index (χ1n) is 4.70. The first kappa shape index (κ1) is 12.9. The Balaban J connectivity index is 2.59. The third-order valence-corrected chi connectivity index (χ3v) is 2.02. The molecule has 1 rings (SSSR count). The maximum absolute atomic E-state index is 13.3. The maximum Gasteiger partial charge on any atom is 0.303 e. The van der Waals surface area contributed by atoms with Gasteiger partial charge in [0.25, 0.3) is 0 Å². The van der Waals surface area contributed by atoms with Gasteiger partial charge in [0.2, 0.25) is 0 Å². The third kappa shape index (κ3) is 3.14. The van der Waals surface area contributed by atoms with Gasteiger partial charge in [0, 0.05) is 13.8 Å². The molecule has 92 valence electrons. The quantitative estimate of drug-likeness (QED) is 0.667. The lowest BCUT2D eigenvalue weighted by Gasteiger charge is -2.18. The van der Waals surface area contributed by atoms with Crippen LogP contribution in [-0.4, -0.2) is 48.3 Å². The van der Waals surface area contributed by atoms with Crippen molar-refractivity contribution in [3.63, 3.8) is 0 Å². The van der Waals surface area contributed by atoms with E-state index in [0.29, 0.717) is 0 Å². The van der Waals surface area contributed by atoms with E-state index >= 15 is 0 Å². The Morgan fingerprint density at radius 2 is 2.00 bits per heavy atom. The lowest BCUT2D eigenvalue weighted by atomic mass is 10.1. The average Bonchev–Trinajstić information content (AvgIpc) is 2.42. The summed E-state index contributed by atoms with van der Waals surface area (Å²) in [5.41, 5.74) is 0. The van der Waals surface area contributed by atoms with Gasteiger partial charge in [-0.3, -0.25) is 9.59 Å². The van der Waals surface area contributed by atoms with Crippen LogP contribution in [0.5, 0.6) is 0 Å². The Morgan fingerprint density at radius 3 is 2.50 bits per heavy atom. The molecule has 1 aliphatic heterocycles. The standard InChI is InChI=1S/C9H13FO6/c1-4(11)14-3-6-8(15-5(2)12)7(10)9(13)16-6/h6-9,13H,3H2,1-2H3/t6-,7+,8-,9?/m1/s1. The number of aliphatic hydroxyl groups is 1. The predicted molar refractivity (Wildman–Crippen MR) is 48.0 cm³/mol. The van der Waals surface area contributed by atoms with E-state index in [4.69, 9.17) is 9.84 Å². The number of alkyl halides is 1. The molecule has 0 radical (unpaired) electrons. The molecular weight excluding hydrogens is 223 g/mol. The van der Waals surface area contributed by atoms with Gasteiger partial charge in [-0.25, -0.2) is 4.39 Å². The number of esters is 2. The summed E-state index contributed by atoms with van der Waals surface area (Å²) >= 11 is 0. The van der Waals surface area contributed by atoms with Crippen LogP contribution in [0.25, 0.3) is 0 Å². The number of halogens is 1. The summed E-state index contributed by atoms with van der Waals surface area (Å²) < 4.78 is 27.3. The van der Waals surface area contributed by atoms with Crippen molar-refractivity contribution in [2.75, 3.05) is 6.61 Å². The molecule has 1 saturated heterocycles. The Morgan fingerprint density at radius 1 is 1.38 bits per heavy atom. The molecule has 4 atom stereocenters. The van der Waals surface area contributed by atoms with E-state index in [-0.39, 0.29) is 6.61 Å². The van der Waals surface area contributed by atoms with Crippen LogP contribution in [0.4, 0.5) is 4.39 Å². The second-order valence-corrected chi connectivity index (χ2v) is 3.39. The van der Waals surface area contributed by atoms with Crippen LogP contribution >= 0.6 is 0 Å². The number of rotatable bonds is 3. The van der Waals surface area contributed by atoms with E-state index in [1.165, 1.54) is 6.92 Å². The second-order valence-electron chi connectivity index (χ2n) is 3.39. The monoisotopic (exact) mass is 236 g/mol. The lowest BCUT2D eigenvalue weighted by molar-refractivity contribution is -0.159. The number of hydrogen-bond donors (Lipinski definition) is 1. The molecule has 0 amide bonds. The van der Waals surface area contributed by atoms with Crippen molar-refractivity contribution < 1.29 is 33.3 Å². The van der Waals surface area contributed by atoms with Crippen LogP contribution in [-0.2, 0) is 23.8 Å². The molecule has 0 saturated carbocycles. The molecular formula is C9H13FO6. The Hall–Kier alpha value is -1.21. The Bertz CT molecular complexity index is 281. The van der Waals surface area contributed by atoms with Gasteiger partial charge in [-0.2, -0.15) is 0 Å². The molecule has 0 bridgehead atoms. The lowest BCUT2D eigenvalue weighted by Crippen LogP contribution is -2.36. The van der Waals surface area contributed by atoms with Gasteiger partial charge in [0.1, 0.15) is 12.7 Å². The minimum absolute atomic E-state index is 0.273.